The van der Waals surface area contributed by atoms with Gasteiger partial charge in [-0.25, -0.2) is 9.78 Å². The molecule has 4 aromatic rings. The van der Waals surface area contributed by atoms with Crippen LogP contribution in [0.3, 0.4) is 0 Å². The van der Waals surface area contributed by atoms with Crippen LogP contribution in [-0.4, -0.2) is 38.1 Å². The van der Waals surface area contributed by atoms with Gasteiger partial charge in [0, 0.05) is 48.8 Å². The van der Waals surface area contributed by atoms with E-state index in [0.29, 0.717) is 6.54 Å². The maximum absolute atomic E-state index is 13.1. The molecular weight excluding hydrogens is 645 g/mol. The number of urea groups is 1. The van der Waals surface area contributed by atoms with E-state index in [-0.39, 0.29) is 36.3 Å². The molecule has 4 aliphatic carbocycles. The Balaban J connectivity index is 0.936. The fourth-order valence-corrected chi connectivity index (χ4v) is 10.5. The Morgan fingerprint density at radius 3 is 2.28 bits per heavy atom. The molecule has 50 heavy (non-hydrogen) atoms. The van der Waals surface area contributed by atoms with Crippen molar-refractivity contribution in [2.45, 2.75) is 87.8 Å². The van der Waals surface area contributed by atoms with E-state index < -0.39 is 6.29 Å². The van der Waals surface area contributed by atoms with Crippen LogP contribution < -0.4 is 10.6 Å². The second-order valence-electron chi connectivity index (χ2n) is 15.3. The molecular formula is C41H48N4O4S. The van der Waals surface area contributed by atoms with Gasteiger partial charge < -0.3 is 29.8 Å². The number of nitrogens with one attached hydrogen (secondary N) is 2. The molecule has 2 heterocycles. The Morgan fingerprint density at radius 2 is 1.62 bits per heavy atom. The van der Waals surface area contributed by atoms with Crippen LogP contribution in [0.4, 0.5) is 4.79 Å². The lowest BCUT2D eigenvalue weighted by atomic mass is 9.53. The highest BCUT2D eigenvalue weighted by atomic mass is 32.2. The second kappa shape index (κ2) is 14.2. The van der Waals surface area contributed by atoms with Gasteiger partial charge in [0.1, 0.15) is 0 Å². The Hall–Kier alpha value is -3.63. The Bertz CT molecular complexity index is 1760. The molecule has 4 atom stereocenters. The lowest BCUT2D eigenvalue weighted by molar-refractivity contribution is -0.268. The SMILES string of the molecule is C[C@H]1[C@@H](CSc2nccn2C)O[C@@H](c2ccc(-c3cccc(CNC(=O)NC45CC6CC(CC(C6)C4)C5)c3)cc2)O[C@H]1c1ccc(CO)cc1. The first kappa shape index (κ1) is 33.5. The first-order valence-corrected chi connectivity index (χ1v) is 19.2. The van der Waals surface area contributed by atoms with Crippen LogP contribution in [0, 0.1) is 23.7 Å². The minimum Gasteiger partial charge on any atom is -0.392 e. The summed E-state index contributed by atoms with van der Waals surface area (Å²) in [6.07, 6.45) is 10.6. The van der Waals surface area contributed by atoms with Crippen LogP contribution in [0.5, 0.6) is 0 Å². The van der Waals surface area contributed by atoms with E-state index in [0.717, 1.165) is 81.3 Å². The third-order valence-electron chi connectivity index (χ3n) is 11.6. The quantitative estimate of drug-likeness (QED) is 0.146. The van der Waals surface area contributed by atoms with Crippen molar-refractivity contribution in [2.24, 2.45) is 30.7 Å². The summed E-state index contributed by atoms with van der Waals surface area (Å²) in [5, 5.41) is 17.1. The molecule has 5 aliphatic rings. The zero-order chi connectivity index (χ0) is 34.2. The minimum atomic E-state index is -0.530. The summed E-state index contributed by atoms with van der Waals surface area (Å²) in [4.78, 5) is 17.6. The number of benzene rings is 3. The van der Waals surface area contributed by atoms with Crippen molar-refractivity contribution in [3.05, 3.63) is 107 Å². The van der Waals surface area contributed by atoms with Crippen molar-refractivity contribution in [1.82, 2.24) is 20.2 Å². The maximum atomic E-state index is 13.1. The van der Waals surface area contributed by atoms with Crippen molar-refractivity contribution < 1.29 is 19.4 Å². The summed E-state index contributed by atoms with van der Waals surface area (Å²) in [5.41, 5.74) is 6.19. The fraction of sp³-hybridized carbons (Fsp3) is 0.463. The number of imidazole rings is 1. The highest BCUT2D eigenvalue weighted by Crippen LogP contribution is 2.55. The summed E-state index contributed by atoms with van der Waals surface area (Å²) < 4.78 is 15.4. The van der Waals surface area contributed by atoms with Crippen LogP contribution >= 0.6 is 11.8 Å². The van der Waals surface area contributed by atoms with Crippen molar-refractivity contribution in [2.75, 3.05) is 5.75 Å². The molecule has 3 aromatic carbocycles. The smallest absolute Gasteiger partial charge is 0.315 e. The van der Waals surface area contributed by atoms with Crippen LogP contribution in [-0.2, 0) is 29.7 Å². The van der Waals surface area contributed by atoms with Gasteiger partial charge in [-0.15, -0.1) is 0 Å². The second-order valence-corrected chi connectivity index (χ2v) is 16.3. The number of ether oxygens (including phenoxy) is 2. The number of carbonyl (C=O) groups excluding carboxylic acids is 1. The molecule has 1 aromatic heterocycles. The summed E-state index contributed by atoms with van der Waals surface area (Å²) in [7, 11) is 2.01. The van der Waals surface area contributed by atoms with Crippen molar-refractivity contribution in [1.29, 1.82) is 0 Å². The number of aryl methyl sites for hydroxylation is 1. The monoisotopic (exact) mass is 692 g/mol. The summed E-state index contributed by atoms with van der Waals surface area (Å²) in [6.45, 7) is 2.69. The normalized spacial score (nSPS) is 29.9. The van der Waals surface area contributed by atoms with Crippen molar-refractivity contribution in [3.63, 3.8) is 0 Å². The molecule has 8 nitrogen and oxygen atoms in total. The number of aliphatic hydroxyl groups is 1. The third-order valence-corrected chi connectivity index (χ3v) is 12.7. The van der Waals surface area contributed by atoms with Gasteiger partial charge in [-0.3, -0.25) is 0 Å². The van der Waals surface area contributed by atoms with Gasteiger partial charge in [0.25, 0.3) is 0 Å². The molecule has 0 spiro atoms. The number of nitrogens with zero attached hydrogens (tertiary/aromatic N) is 2. The van der Waals surface area contributed by atoms with Gasteiger partial charge in [0.05, 0.1) is 18.8 Å². The number of aromatic nitrogens is 2. The lowest BCUT2D eigenvalue weighted by Gasteiger charge is -2.56. The van der Waals surface area contributed by atoms with E-state index in [1.165, 1.54) is 19.3 Å². The zero-order valence-corrected chi connectivity index (χ0v) is 29.8. The molecule has 5 fully saturated rings. The van der Waals surface area contributed by atoms with E-state index in [9.17, 15) is 9.90 Å². The van der Waals surface area contributed by atoms with Crippen molar-refractivity contribution >= 4 is 17.8 Å². The van der Waals surface area contributed by atoms with Crippen LogP contribution in [0.15, 0.2) is 90.3 Å². The molecule has 4 bridgehead atoms. The van der Waals surface area contributed by atoms with E-state index in [2.05, 4.69) is 83.2 Å². The van der Waals surface area contributed by atoms with Gasteiger partial charge in [-0.05, 0) is 90.2 Å². The fourth-order valence-electron chi connectivity index (χ4n) is 9.38. The number of rotatable bonds is 10. The maximum Gasteiger partial charge on any atom is 0.315 e. The topological polar surface area (TPSA) is 97.6 Å². The summed E-state index contributed by atoms with van der Waals surface area (Å²) in [6, 6.07) is 24.8. The molecule has 1 saturated heterocycles. The molecule has 0 unspecified atom stereocenters. The van der Waals surface area contributed by atoms with Crippen LogP contribution in [0.2, 0.25) is 0 Å². The standard InChI is InChI=1S/C41H48N4O4S/c1-26-36(25-50-40-42-14-15-45(40)2)48-38(49-37(26)33-8-6-27(24-46)7-9-33)34-12-10-32(11-13-34)35-5-3-4-28(19-35)23-43-39(47)44-41-20-29-16-30(21-41)18-31(17-29)22-41/h3-15,19,26,29-31,36-38,46H,16-18,20-25H2,1-2H3,(H2,43,44,47)/t26-,29?,30?,31?,36+,37+,38+,41?/m0/s1. The van der Waals surface area contributed by atoms with Gasteiger partial charge in [-0.1, -0.05) is 85.4 Å². The van der Waals surface area contributed by atoms with Gasteiger partial charge in [0.2, 0.25) is 0 Å². The number of amides is 2. The number of hydrogen-bond acceptors (Lipinski definition) is 6. The van der Waals surface area contributed by atoms with E-state index >= 15 is 0 Å². The average Bonchev–Trinajstić information content (AvgIpc) is 3.54. The zero-order valence-electron chi connectivity index (χ0n) is 29.0. The number of hydrogen-bond donors (Lipinski definition) is 3. The number of thioether (sulfide) groups is 1. The average molecular weight is 693 g/mol. The minimum absolute atomic E-state index is 0.00850. The molecule has 4 saturated carbocycles. The predicted molar refractivity (Wildman–Crippen MR) is 195 cm³/mol. The van der Waals surface area contributed by atoms with Gasteiger partial charge in [-0.2, -0.15) is 0 Å². The van der Waals surface area contributed by atoms with E-state index in [1.807, 2.05) is 36.1 Å². The predicted octanol–water partition coefficient (Wildman–Crippen LogP) is 7.93. The largest absolute Gasteiger partial charge is 0.392 e. The highest BCUT2D eigenvalue weighted by molar-refractivity contribution is 7.99. The Kier molecular flexibility index (Phi) is 9.50. The molecule has 9 heteroatoms. The highest BCUT2D eigenvalue weighted by Gasteiger charge is 2.51. The molecule has 9 rings (SSSR count). The first-order chi connectivity index (χ1) is 24.3. The van der Waals surface area contributed by atoms with Crippen molar-refractivity contribution in [3.8, 4) is 11.1 Å². The number of aliphatic hydroxyl groups excluding tert-OH is 1. The van der Waals surface area contributed by atoms with E-state index in [4.69, 9.17) is 9.47 Å². The summed E-state index contributed by atoms with van der Waals surface area (Å²) in [5.74, 6) is 3.25. The Labute approximate surface area is 299 Å². The van der Waals surface area contributed by atoms with E-state index in [1.54, 1.807) is 11.8 Å². The molecule has 2 amide bonds. The molecule has 0 radical (unpaired) electrons. The van der Waals surface area contributed by atoms with Crippen LogP contribution in [0.25, 0.3) is 11.1 Å². The molecule has 262 valence electrons. The van der Waals surface area contributed by atoms with Crippen LogP contribution in [0.1, 0.15) is 80.1 Å². The van der Waals surface area contributed by atoms with Gasteiger partial charge in [0.15, 0.2) is 11.4 Å². The lowest BCUT2D eigenvalue weighted by Crippen LogP contribution is -2.61. The third kappa shape index (κ3) is 7.11. The molecule has 1 aliphatic heterocycles. The van der Waals surface area contributed by atoms with Gasteiger partial charge >= 0.3 is 6.03 Å². The number of carbonyl (C=O) groups is 1. The summed E-state index contributed by atoms with van der Waals surface area (Å²) >= 11 is 1.69. The molecule has 3 N–H and O–H groups in total. The first-order valence-electron chi connectivity index (χ1n) is 18.2. The Morgan fingerprint density at radius 1 is 0.920 bits per heavy atom.